The molecular weight excluding hydrogens is 156 g/mol. The molecule has 2 bridgehead atoms. The van der Waals surface area contributed by atoms with Crippen LogP contribution in [0.2, 0.25) is 0 Å². The maximum Gasteiger partial charge on any atom is -0.0274 e. The number of fused-ring (bicyclic) bond motifs is 3. The molecule has 0 nitrogen and oxygen atoms in total. The Labute approximate surface area is 84.1 Å². The Kier molecular flexibility index (Phi) is 3.82. The Hall–Kier alpha value is 0. The van der Waals surface area contributed by atoms with Gasteiger partial charge in [-0.3, -0.25) is 0 Å². The molecule has 3 aliphatic rings. The monoisotopic (exact) mass is 182 g/mol. The molecule has 0 aliphatic heterocycles. The molecule has 0 heterocycles. The minimum atomic E-state index is 0.786. The summed E-state index contributed by atoms with van der Waals surface area (Å²) in [6.45, 7) is 8.84. The van der Waals surface area contributed by atoms with Crippen LogP contribution in [0.1, 0.15) is 66.2 Å². The lowest BCUT2D eigenvalue weighted by molar-refractivity contribution is 0.0218. The van der Waals surface area contributed by atoms with Gasteiger partial charge in [0.2, 0.25) is 0 Å². The fourth-order valence-corrected chi connectivity index (χ4v) is 3.15. The van der Waals surface area contributed by atoms with E-state index in [1.54, 1.807) is 0 Å². The highest BCUT2D eigenvalue weighted by Gasteiger charge is 2.41. The summed E-state index contributed by atoms with van der Waals surface area (Å²) in [5.74, 6) is 2.05. The van der Waals surface area contributed by atoms with Crippen molar-refractivity contribution < 1.29 is 0 Å². The van der Waals surface area contributed by atoms with Crippen LogP contribution in [-0.4, -0.2) is 0 Å². The maximum absolute atomic E-state index is 2.42. The predicted octanol–water partition coefficient (Wildman–Crippen LogP) is 4.64. The third-order valence-corrected chi connectivity index (χ3v) is 4.38. The predicted molar refractivity (Wildman–Crippen MR) is 59.8 cm³/mol. The van der Waals surface area contributed by atoms with E-state index in [1.165, 1.54) is 38.5 Å². The Bertz CT molecular complexity index is 124. The summed E-state index contributed by atoms with van der Waals surface area (Å²) >= 11 is 0. The van der Waals surface area contributed by atoms with E-state index in [0.29, 0.717) is 0 Å². The summed E-state index contributed by atoms with van der Waals surface area (Å²) in [7, 11) is 0. The van der Waals surface area contributed by atoms with Crippen LogP contribution >= 0.6 is 0 Å². The SMILES string of the molecule is CC.CC(C)C12CCC(CC1)CC2. The lowest BCUT2D eigenvalue weighted by atomic mass is 9.56. The maximum atomic E-state index is 2.42. The summed E-state index contributed by atoms with van der Waals surface area (Å²) in [5.41, 5.74) is 0.786. The largest absolute Gasteiger partial charge is 0.0683 e. The van der Waals surface area contributed by atoms with Gasteiger partial charge in [-0.25, -0.2) is 0 Å². The number of rotatable bonds is 1. The van der Waals surface area contributed by atoms with Gasteiger partial charge in [-0.2, -0.15) is 0 Å². The Morgan fingerprint density at radius 3 is 1.54 bits per heavy atom. The molecule has 0 spiro atoms. The van der Waals surface area contributed by atoms with Crippen molar-refractivity contribution in [2.45, 2.75) is 66.2 Å². The van der Waals surface area contributed by atoms with Gasteiger partial charge in [0.15, 0.2) is 0 Å². The second kappa shape index (κ2) is 4.48. The number of hydrogen-bond acceptors (Lipinski definition) is 0. The zero-order valence-electron chi connectivity index (χ0n) is 9.90. The van der Waals surface area contributed by atoms with Gasteiger partial charge in [0.1, 0.15) is 0 Å². The molecule has 3 aliphatic carbocycles. The van der Waals surface area contributed by atoms with Gasteiger partial charge < -0.3 is 0 Å². The fraction of sp³-hybridized carbons (Fsp3) is 1.00. The highest BCUT2D eigenvalue weighted by Crippen LogP contribution is 2.53. The van der Waals surface area contributed by atoms with Crippen molar-refractivity contribution in [3.8, 4) is 0 Å². The van der Waals surface area contributed by atoms with E-state index in [0.717, 1.165) is 17.3 Å². The molecule has 3 rings (SSSR count). The molecule has 0 radical (unpaired) electrons. The molecule has 3 saturated carbocycles. The summed E-state index contributed by atoms with van der Waals surface area (Å²) < 4.78 is 0. The third-order valence-electron chi connectivity index (χ3n) is 4.38. The summed E-state index contributed by atoms with van der Waals surface area (Å²) in [6.07, 6.45) is 9.23. The molecule has 0 heteroatoms. The van der Waals surface area contributed by atoms with Crippen molar-refractivity contribution in [1.29, 1.82) is 0 Å². The average molecular weight is 182 g/mol. The van der Waals surface area contributed by atoms with Crippen LogP contribution in [0.25, 0.3) is 0 Å². The van der Waals surface area contributed by atoms with Crippen molar-refractivity contribution >= 4 is 0 Å². The molecule has 0 saturated heterocycles. The molecule has 0 atom stereocenters. The van der Waals surface area contributed by atoms with E-state index in [-0.39, 0.29) is 0 Å². The van der Waals surface area contributed by atoms with Crippen molar-refractivity contribution in [2.24, 2.45) is 17.3 Å². The minimum absolute atomic E-state index is 0.786. The van der Waals surface area contributed by atoms with Gasteiger partial charge in [-0.05, 0) is 55.8 Å². The molecule has 0 unspecified atom stereocenters. The zero-order chi connectivity index (χ0) is 9.90. The molecule has 0 amide bonds. The normalized spacial score (nSPS) is 37.2. The van der Waals surface area contributed by atoms with Crippen LogP contribution < -0.4 is 0 Å². The second-order valence-corrected chi connectivity index (χ2v) is 5.00. The lowest BCUT2D eigenvalue weighted by Crippen LogP contribution is -2.37. The first-order chi connectivity index (χ1) is 6.23. The lowest BCUT2D eigenvalue weighted by Gasteiger charge is -2.49. The smallest absolute Gasteiger partial charge is 0.0274 e. The van der Waals surface area contributed by atoms with E-state index < -0.39 is 0 Å². The second-order valence-electron chi connectivity index (χ2n) is 5.00. The van der Waals surface area contributed by atoms with Crippen LogP contribution in [-0.2, 0) is 0 Å². The summed E-state index contributed by atoms with van der Waals surface area (Å²) in [5, 5.41) is 0. The van der Waals surface area contributed by atoms with Crippen LogP contribution in [0, 0.1) is 17.3 Å². The molecular formula is C13H26. The summed E-state index contributed by atoms with van der Waals surface area (Å²) in [4.78, 5) is 0. The molecule has 0 aromatic carbocycles. The first-order valence-corrected chi connectivity index (χ1v) is 6.23. The topological polar surface area (TPSA) is 0 Å². The van der Waals surface area contributed by atoms with Crippen LogP contribution in [0.4, 0.5) is 0 Å². The van der Waals surface area contributed by atoms with Gasteiger partial charge in [-0.15, -0.1) is 0 Å². The third kappa shape index (κ3) is 2.08. The van der Waals surface area contributed by atoms with Crippen molar-refractivity contribution in [3.05, 3.63) is 0 Å². The molecule has 78 valence electrons. The first-order valence-electron chi connectivity index (χ1n) is 6.23. The Balaban J connectivity index is 0.000000396. The van der Waals surface area contributed by atoms with E-state index in [1.807, 2.05) is 13.8 Å². The standard InChI is InChI=1S/C11H20.C2H6/c1-9(2)11-6-3-10(4-7-11)5-8-11;1-2/h9-10H,3-8H2,1-2H3;1-2H3. The van der Waals surface area contributed by atoms with Gasteiger partial charge in [0.05, 0.1) is 0 Å². The zero-order valence-corrected chi connectivity index (χ0v) is 9.90. The van der Waals surface area contributed by atoms with E-state index in [9.17, 15) is 0 Å². The van der Waals surface area contributed by atoms with Gasteiger partial charge in [-0.1, -0.05) is 27.7 Å². The van der Waals surface area contributed by atoms with Gasteiger partial charge >= 0.3 is 0 Å². The molecule has 3 fully saturated rings. The fourth-order valence-electron chi connectivity index (χ4n) is 3.15. The van der Waals surface area contributed by atoms with Crippen LogP contribution in [0.15, 0.2) is 0 Å². The van der Waals surface area contributed by atoms with E-state index >= 15 is 0 Å². The Morgan fingerprint density at radius 1 is 0.923 bits per heavy atom. The molecule has 0 aromatic heterocycles. The highest BCUT2D eigenvalue weighted by molar-refractivity contribution is 4.93. The molecule has 0 N–H and O–H groups in total. The van der Waals surface area contributed by atoms with Crippen molar-refractivity contribution in [1.82, 2.24) is 0 Å². The van der Waals surface area contributed by atoms with Crippen molar-refractivity contribution in [3.63, 3.8) is 0 Å². The van der Waals surface area contributed by atoms with Gasteiger partial charge in [0, 0.05) is 0 Å². The summed E-state index contributed by atoms with van der Waals surface area (Å²) in [6, 6.07) is 0. The molecule has 0 aromatic rings. The average Bonchev–Trinajstić information content (AvgIpc) is 2.23. The quantitative estimate of drug-likeness (QED) is 0.554. The van der Waals surface area contributed by atoms with Crippen LogP contribution in [0.5, 0.6) is 0 Å². The Morgan fingerprint density at radius 2 is 1.31 bits per heavy atom. The van der Waals surface area contributed by atoms with Crippen molar-refractivity contribution in [2.75, 3.05) is 0 Å². The number of hydrogen-bond donors (Lipinski definition) is 0. The minimum Gasteiger partial charge on any atom is -0.0683 e. The highest BCUT2D eigenvalue weighted by atomic mass is 14.5. The van der Waals surface area contributed by atoms with E-state index in [2.05, 4.69) is 13.8 Å². The van der Waals surface area contributed by atoms with Gasteiger partial charge in [0.25, 0.3) is 0 Å². The first kappa shape index (κ1) is 11.1. The van der Waals surface area contributed by atoms with Crippen LogP contribution in [0.3, 0.4) is 0 Å². The molecule has 13 heavy (non-hydrogen) atoms. The van der Waals surface area contributed by atoms with E-state index in [4.69, 9.17) is 0 Å².